The molecule has 3 aliphatic rings. The Morgan fingerprint density at radius 2 is 2.03 bits per heavy atom. The van der Waals surface area contributed by atoms with Gasteiger partial charge in [0.2, 0.25) is 11.1 Å². The zero-order valence-electron chi connectivity index (χ0n) is 19.2. The molecule has 2 aliphatic heterocycles. The molecule has 15 heteroatoms. The lowest BCUT2D eigenvalue weighted by atomic mass is 9.93. The number of carboxylic acid groups (broad SMARTS) is 2. The van der Waals surface area contributed by atoms with Crippen LogP contribution in [0, 0.1) is 5.92 Å². The van der Waals surface area contributed by atoms with Crippen molar-refractivity contribution in [2.75, 3.05) is 12.3 Å². The molecule has 4 rings (SSSR count). The Morgan fingerprint density at radius 3 is 2.64 bits per heavy atom. The van der Waals surface area contributed by atoms with Gasteiger partial charge in [0, 0.05) is 24.0 Å². The number of aromatic amines is 1. The van der Waals surface area contributed by atoms with Crippen molar-refractivity contribution in [2.45, 2.75) is 48.0 Å². The molecule has 0 bridgehead atoms. The number of amides is 2. The predicted octanol–water partition coefficient (Wildman–Crippen LogP) is 0.115. The first-order valence-corrected chi connectivity index (χ1v) is 13.0. The largest absolute Gasteiger partial charge is 0.481 e. The van der Waals surface area contributed by atoms with Crippen LogP contribution in [0.15, 0.2) is 39.7 Å². The average molecular weight is 536 g/mol. The van der Waals surface area contributed by atoms with E-state index < -0.39 is 40.4 Å². The van der Waals surface area contributed by atoms with Gasteiger partial charge in [-0.3, -0.25) is 19.3 Å². The van der Waals surface area contributed by atoms with Crippen molar-refractivity contribution in [1.82, 2.24) is 30.8 Å². The molecule has 3 unspecified atom stereocenters. The summed E-state index contributed by atoms with van der Waals surface area (Å²) in [5.74, 6) is -4.20. The maximum Gasteiger partial charge on any atom is 0.352 e. The highest BCUT2D eigenvalue weighted by Gasteiger charge is 2.55. The van der Waals surface area contributed by atoms with E-state index in [1.807, 2.05) is 12.2 Å². The van der Waals surface area contributed by atoms with Crippen LogP contribution in [0.2, 0.25) is 0 Å². The topological polar surface area (TPSA) is 204 Å². The minimum Gasteiger partial charge on any atom is -0.481 e. The molecule has 36 heavy (non-hydrogen) atoms. The highest BCUT2D eigenvalue weighted by molar-refractivity contribution is 8.01. The van der Waals surface area contributed by atoms with E-state index in [9.17, 15) is 29.4 Å². The Bertz CT molecular complexity index is 1170. The second kappa shape index (κ2) is 10.8. The first-order valence-electron chi connectivity index (χ1n) is 11.1. The van der Waals surface area contributed by atoms with E-state index in [-0.39, 0.29) is 34.5 Å². The molecule has 1 saturated heterocycles. The molecule has 0 spiro atoms. The van der Waals surface area contributed by atoms with Crippen LogP contribution in [-0.2, 0) is 19.2 Å². The smallest absolute Gasteiger partial charge is 0.352 e. The van der Waals surface area contributed by atoms with Crippen molar-refractivity contribution >= 4 is 47.3 Å². The van der Waals surface area contributed by atoms with Crippen LogP contribution in [0.3, 0.4) is 0 Å². The zero-order valence-corrected chi connectivity index (χ0v) is 20.8. The van der Waals surface area contributed by atoms with Crippen LogP contribution in [0.4, 0.5) is 0 Å². The van der Waals surface area contributed by atoms with Crippen molar-refractivity contribution in [3.63, 3.8) is 0 Å². The number of carbonyl (C=O) groups excluding carboxylic acids is 2. The number of nitrogens with zero attached hydrogens (tertiary/aromatic N) is 4. The molecular weight excluding hydrogens is 510 g/mol. The molecule has 2 amide bonds. The Labute approximate surface area is 214 Å². The maximum absolute atomic E-state index is 13.0. The van der Waals surface area contributed by atoms with Gasteiger partial charge in [-0.05, 0) is 28.8 Å². The summed E-state index contributed by atoms with van der Waals surface area (Å²) in [6, 6.07) is -0.874. The highest BCUT2D eigenvalue weighted by Crippen LogP contribution is 2.45. The summed E-state index contributed by atoms with van der Waals surface area (Å²) in [5.41, 5.74) is 7.72. The first kappa shape index (κ1) is 25.9. The molecule has 13 nitrogen and oxygen atoms in total. The fourth-order valence-corrected chi connectivity index (χ4v) is 6.95. The summed E-state index contributed by atoms with van der Waals surface area (Å²) < 4.78 is 0. The number of hydrogen-bond donors (Lipinski definition) is 5. The third-order valence-electron chi connectivity index (χ3n) is 6.28. The lowest BCUT2D eigenvalue weighted by Crippen LogP contribution is -2.70. The van der Waals surface area contributed by atoms with Crippen LogP contribution >= 0.6 is 23.5 Å². The summed E-state index contributed by atoms with van der Waals surface area (Å²) in [6.45, 7) is 1.81. The number of nitrogens with one attached hydrogen (secondary N) is 2. The molecule has 1 aromatic heterocycles. The SMILES string of the molecule is CC(C(=O)O)C(Sc1nnn[nH]1)C1=C(C(=O)O)N2C(=O)C(NC(=O)CC3=C(CN)CC=CC3)[C@H]2SC1. The Hall–Kier alpha value is -3.17. The molecular formula is C21H25N7O6S2. The van der Waals surface area contributed by atoms with E-state index in [1.165, 1.54) is 18.7 Å². The average Bonchev–Trinajstić information content (AvgIpc) is 3.38. The number of nitrogens with two attached hydrogens (primary N) is 1. The molecule has 192 valence electrons. The number of rotatable bonds is 10. The second-order valence-electron chi connectivity index (χ2n) is 8.47. The van der Waals surface area contributed by atoms with Crippen LogP contribution < -0.4 is 11.1 Å². The fourth-order valence-electron chi connectivity index (χ4n) is 4.37. The number of tetrazole rings is 1. The number of hydrogen-bond acceptors (Lipinski definition) is 10. The molecule has 0 saturated carbocycles. The van der Waals surface area contributed by atoms with Gasteiger partial charge in [0.1, 0.15) is 17.1 Å². The number of aromatic nitrogens is 4. The number of carbonyl (C=O) groups is 4. The van der Waals surface area contributed by atoms with E-state index >= 15 is 0 Å². The Morgan fingerprint density at radius 1 is 1.31 bits per heavy atom. The molecule has 1 fully saturated rings. The molecule has 6 N–H and O–H groups in total. The van der Waals surface area contributed by atoms with Crippen molar-refractivity contribution in [3.05, 3.63) is 34.6 Å². The van der Waals surface area contributed by atoms with Gasteiger partial charge in [-0.1, -0.05) is 42.0 Å². The van der Waals surface area contributed by atoms with Gasteiger partial charge in [-0.15, -0.1) is 16.9 Å². The number of fused-ring (bicyclic) bond motifs is 1. The van der Waals surface area contributed by atoms with Gasteiger partial charge in [-0.25, -0.2) is 9.89 Å². The van der Waals surface area contributed by atoms with E-state index in [1.54, 1.807) is 0 Å². The number of allylic oxidation sites excluding steroid dienone is 2. The van der Waals surface area contributed by atoms with Gasteiger partial charge in [0.05, 0.1) is 5.92 Å². The molecule has 0 radical (unpaired) electrons. The monoisotopic (exact) mass is 535 g/mol. The van der Waals surface area contributed by atoms with Crippen LogP contribution in [-0.4, -0.2) is 88.5 Å². The predicted molar refractivity (Wildman–Crippen MR) is 129 cm³/mol. The second-order valence-corrected chi connectivity index (χ2v) is 10.7. The first-order chi connectivity index (χ1) is 17.2. The zero-order chi connectivity index (χ0) is 26.0. The molecule has 0 aromatic carbocycles. The summed E-state index contributed by atoms with van der Waals surface area (Å²) in [7, 11) is 0. The number of aliphatic carboxylic acids is 2. The molecule has 1 aliphatic carbocycles. The minimum absolute atomic E-state index is 0.116. The van der Waals surface area contributed by atoms with Crippen molar-refractivity contribution in [2.24, 2.45) is 11.7 Å². The Kier molecular flexibility index (Phi) is 7.80. The summed E-state index contributed by atoms with van der Waals surface area (Å²) >= 11 is 2.26. The normalized spacial score (nSPS) is 23.2. The highest BCUT2D eigenvalue weighted by atomic mass is 32.2. The molecule has 4 atom stereocenters. The molecule has 1 aromatic rings. The molecule has 3 heterocycles. The van der Waals surface area contributed by atoms with Gasteiger partial charge in [0.15, 0.2) is 0 Å². The minimum atomic E-state index is -1.35. The van der Waals surface area contributed by atoms with Crippen LogP contribution in [0.25, 0.3) is 0 Å². The summed E-state index contributed by atoms with van der Waals surface area (Å²) in [6.07, 6.45) is 5.41. The lowest BCUT2D eigenvalue weighted by Gasteiger charge is -2.50. The fraction of sp³-hybridized carbons (Fsp3) is 0.476. The van der Waals surface area contributed by atoms with E-state index in [2.05, 4.69) is 25.9 Å². The van der Waals surface area contributed by atoms with E-state index in [0.29, 0.717) is 19.4 Å². The van der Waals surface area contributed by atoms with Crippen molar-refractivity contribution in [1.29, 1.82) is 0 Å². The van der Waals surface area contributed by atoms with E-state index in [0.717, 1.165) is 27.8 Å². The van der Waals surface area contributed by atoms with Gasteiger partial charge < -0.3 is 21.3 Å². The number of H-pyrrole nitrogens is 1. The van der Waals surface area contributed by atoms with Crippen molar-refractivity contribution < 1.29 is 29.4 Å². The van der Waals surface area contributed by atoms with Crippen LogP contribution in [0.1, 0.15) is 26.2 Å². The maximum atomic E-state index is 13.0. The number of carboxylic acids is 2. The number of β-lactam (4-membered cyclic amide) rings is 1. The van der Waals surface area contributed by atoms with Gasteiger partial charge >= 0.3 is 11.9 Å². The quantitative estimate of drug-likeness (QED) is 0.154. The third-order valence-corrected chi connectivity index (χ3v) is 8.93. The Balaban J connectivity index is 1.54. The number of thioether (sulfide) groups is 2. The summed E-state index contributed by atoms with van der Waals surface area (Å²) in [5, 5.41) is 34.4. The van der Waals surface area contributed by atoms with E-state index in [4.69, 9.17) is 5.73 Å². The standard InChI is InChI=1S/C21H25N7O6S2/c1-9(19(31)32)16(36-21-24-26-27-25-21)12-8-35-18-14(17(30)28(18)15(12)20(33)34)23-13(29)6-10-4-2-3-5-11(10)7-22/h2-3,9,14,16,18H,4-8,22H2,1H3,(H,23,29)(H,31,32)(H,33,34)(H,24,25,26,27)/t9?,14?,16?,18-/m1/s1. The lowest BCUT2D eigenvalue weighted by molar-refractivity contribution is -0.150. The van der Waals surface area contributed by atoms with Gasteiger partial charge in [-0.2, -0.15) is 0 Å². The summed E-state index contributed by atoms with van der Waals surface area (Å²) in [4.78, 5) is 51.0. The van der Waals surface area contributed by atoms with Crippen molar-refractivity contribution in [3.8, 4) is 0 Å². The van der Waals surface area contributed by atoms with Crippen LogP contribution in [0.5, 0.6) is 0 Å². The third kappa shape index (κ3) is 5.03. The van der Waals surface area contributed by atoms with Gasteiger partial charge in [0.25, 0.3) is 5.91 Å².